The summed E-state index contributed by atoms with van der Waals surface area (Å²) in [5.74, 6) is -0.709. The molecule has 2 N–H and O–H groups in total. The van der Waals surface area contributed by atoms with Crippen molar-refractivity contribution in [1.82, 2.24) is 15.3 Å². The molecule has 0 aliphatic carbocycles. The Bertz CT molecular complexity index is 1690. The van der Waals surface area contributed by atoms with Crippen LogP contribution in [0, 0.1) is 0 Å². The molecule has 0 saturated carbocycles. The van der Waals surface area contributed by atoms with Gasteiger partial charge in [-0.15, -0.1) is 0 Å². The van der Waals surface area contributed by atoms with Gasteiger partial charge in [-0.25, -0.2) is 0 Å². The molecular weight excluding hydrogens is 517 g/mol. The fourth-order valence-corrected chi connectivity index (χ4v) is 4.28. The number of anilines is 1. The Kier molecular flexibility index (Phi) is 7.29. The number of pyridine rings is 2. The molecule has 5 aromatic rings. The molecule has 0 saturated heterocycles. The van der Waals surface area contributed by atoms with Gasteiger partial charge in [0, 0.05) is 29.0 Å². The van der Waals surface area contributed by atoms with Crippen molar-refractivity contribution in [2.45, 2.75) is 19.1 Å². The van der Waals surface area contributed by atoms with Gasteiger partial charge in [-0.3, -0.25) is 19.6 Å². The summed E-state index contributed by atoms with van der Waals surface area (Å²) < 4.78 is 38.9. The highest BCUT2D eigenvalue weighted by atomic mass is 19.4. The van der Waals surface area contributed by atoms with E-state index in [1.807, 2.05) is 19.1 Å². The quantitative estimate of drug-likeness (QED) is 0.242. The third-order valence-electron chi connectivity index (χ3n) is 6.38. The molecule has 1 atom stereocenters. The Labute approximate surface area is 227 Å². The number of hydrogen-bond donors (Lipinski definition) is 2. The van der Waals surface area contributed by atoms with Crippen LogP contribution in [-0.2, 0) is 6.18 Å². The van der Waals surface area contributed by atoms with E-state index in [1.54, 1.807) is 60.8 Å². The molecule has 0 aliphatic rings. The van der Waals surface area contributed by atoms with Crippen molar-refractivity contribution >= 4 is 28.4 Å². The molecule has 0 unspecified atom stereocenters. The van der Waals surface area contributed by atoms with Crippen LogP contribution in [0.4, 0.5) is 18.9 Å². The van der Waals surface area contributed by atoms with Gasteiger partial charge in [0.2, 0.25) is 0 Å². The average molecular weight is 541 g/mol. The van der Waals surface area contributed by atoms with Gasteiger partial charge in [0.05, 0.1) is 28.4 Å². The van der Waals surface area contributed by atoms with E-state index >= 15 is 0 Å². The summed E-state index contributed by atoms with van der Waals surface area (Å²) in [5, 5.41) is 6.45. The van der Waals surface area contributed by atoms with E-state index in [1.165, 1.54) is 18.3 Å². The fourth-order valence-electron chi connectivity index (χ4n) is 4.28. The largest absolute Gasteiger partial charge is 0.416 e. The zero-order chi connectivity index (χ0) is 28.3. The Morgan fingerprint density at radius 3 is 2.30 bits per heavy atom. The summed E-state index contributed by atoms with van der Waals surface area (Å²) in [4.78, 5) is 34.6. The van der Waals surface area contributed by atoms with Crippen LogP contribution in [0.3, 0.4) is 0 Å². The number of carbonyl (C=O) groups excluding carboxylic acids is 2. The Morgan fingerprint density at radius 1 is 0.825 bits per heavy atom. The highest BCUT2D eigenvalue weighted by molar-refractivity contribution is 6.09. The van der Waals surface area contributed by atoms with Gasteiger partial charge in [0.25, 0.3) is 11.8 Å². The number of aromatic nitrogens is 2. The lowest BCUT2D eigenvalue weighted by atomic mass is 9.98. The van der Waals surface area contributed by atoms with Crippen molar-refractivity contribution in [2.75, 3.05) is 5.32 Å². The third-order valence-corrected chi connectivity index (χ3v) is 6.38. The average Bonchev–Trinajstić information content (AvgIpc) is 2.97. The molecule has 40 heavy (non-hydrogen) atoms. The summed E-state index contributed by atoms with van der Waals surface area (Å²) in [5.41, 5.74) is 2.72. The minimum Gasteiger partial charge on any atom is -0.344 e. The molecule has 2 aromatic heterocycles. The summed E-state index contributed by atoms with van der Waals surface area (Å²) in [6, 6.07) is 23.4. The molecule has 5 rings (SSSR count). The number of benzene rings is 3. The molecule has 2 heterocycles. The number of fused-ring (bicyclic) bond motifs is 1. The molecule has 0 bridgehead atoms. The van der Waals surface area contributed by atoms with Crippen molar-refractivity contribution in [2.24, 2.45) is 0 Å². The minimum absolute atomic E-state index is 0.285. The van der Waals surface area contributed by atoms with E-state index in [4.69, 9.17) is 0 Å². The maximum Gasteiger partial charge on any atom is 0.416 e. The summed E-state index contributed by atoms with van der Waals surface area (Å²) in [6.07, 6.45) is -1.31. The number of alkyl halides is 3. The van der Waals surface area contributed by atoms with Crippen LogP contribution < -0.4 is 10.6 Å². The van der Waals surface area contributed by atoms with Crippen molar-refractivity contribution in [3.63, 3.8) is 0 Å². The Morgan fingerprint density at radius 2 is 1.57 bits per heavy atom. The van der Waals surface area contributed by atoms with Gasteiger partial charge in [-0.2, -0.15) is 13.2 Å². The molecule has 6 nitrogen and oxygen atoms in total. The first-order valence-corrected chi connectivity index (χ1v) is 12.4. The van der Waals surface area contributed by atoms with Crippen LogP contribution >= 0.6 is 0 Å². The number of amides is 2. The van der Waals surface area contributed by atoms with Gasteiger partial charge in [0.1, 0.15) is 0 Å². The number of carbonyl (C=O) groups is 2. The van der Waals surface area contributed by atoms with E-state index in [-0.39, 0.29) is 11.9 Å². The molecule has 0 fully saturated rings. The fraction of sp³-hybridized carbons (Fsp3) is 0.0968. The van der Waals surface area contributed by atoms with Crippen molar-refractivity contribution in [3.8, 4) is 11.1 Å². The topological polar surface area (TPSA) is 84.0 Å². The van der Waals surface area contributed by atoms with E-state index < -0.39 is 17.6 Å². The standard InChI is InChI=1S/C31H23F3N4O2/c1-19(27-8-4-5-15-35-27)37-29(39)22-16-21-11-14-24(17-28(21)36-18-22)38-30(40)26-7-3-2-6-25(26)20-9-12-23(13-10-20)31(32,33)34/h2-19H,1H3,(H,37,39)(H,38,40)/t19-/m0/s1. The van der Waals surface area contributed by atoms with E-state index in [0.29, 0.717) is 38.8 Å². The number of rotatable bonds is 6. The predicted octanol–water partition coefficient (Wildman–Crippen LogP) is 7.06. The second-order valence-electron chi connectivity index (χ2n) is 9.16. The number of halogens is 3. The first-order chi connectivity index (χ1) is 19.2. The maximum atomic E-state index is 13.2. The zero-order valence-corrected chi connectivity index (χ0v) is 21.2. The van der Waals surface area contributed by atoms with Crippen LogP contribution in [0.5, 0.6) is 0 Å². The third kappa shape index (κ3) is 5.83. The first kappa shape index (κ1) is 26.6. The summed E-state index contributed by atoms with van der Waals surface area (Å²) >= 11 is 0. The monoisotopic (exact) mass is 540 g/mol. The van der Waals surface area contributed by atoms with Gasteiger partial charge >= 0.3 is 6.18 Å². The zero-order valence-electron chi connectivity index (χ0n) is 21.2. The Hall–Kier alpha value is -5.05. The van der Waals surface area contributed by atoms with E-state index in [2.05, 4.69) is 20.6 Å². The van der Waals surface area contributed by atoms with Crippen LogP contribution in [0.25, 0.3) is 22.0 Å². The Balaban J connectivity index is 1.32. The lowest BCUT2D eigenvalue weighted by molar-refractivity contribution is -0.137. The lowest BCUT2D eigenvalue weighted by Gasteiger charge is -2.14. The smallest absolute Gasteiger partial charge is 0.344 e. The molecule has 0 aliphatic heterocycles. The van der Waals surface area contributed by atoms with Crippen molar-refractivity contribution < 1.29 is 22.8 Å². The van der Waals surface area contributed by atoms with Crippen LogP contribution in [0.2, 0.25) is 0 Å². The molecule has 9 heteroatoms. The van der Waals surface area contributed by atoms with Gasteiger partial charge < -0.3 is 10.6 Å². The maximum absolute atomic E-state index is 13.2. The highest BCUT2D eigenvalue weighted by Crippen LogP contribution is 2.32. The number of nitrogens with one attached hydrogen (secondary N) is 2. The number of nitrogens with zero attached hydrogens (tertiary/aromatic N) is 2. The van der Waals surface area contributed by atoms with E-state index in [9.17, 15) is 22.8 Å². The summed E-state index contributed by atoms with van der Waals surface area (Å²) in [6.45, 7) is 1.85. The normalized spacial score (nSPS) is 12.1. The van der Waals surface area contributed by atoms with E-state index in [0.717, 1.165) is 17.8 Å². The molecule has 0 spiro atoms. The van der Waals surface area contributed by atoms with Crippen molar-refractivity contribution in [3.05, 3.63) is 126 Å². The highest BCUT2D eigenvalue weighted by Gasteiger charge is 2.30. The van der Waals surface area contributed by atoms with Crippen LogP contribution in [0.15, 0.2) is 103 Å². The van der Waals surface area contributed by atoms with Gasteiger partial charge in [-0.05, 0) is 66.6 Å². The van der Waals surface area contributed by atoms with Crippen molar-refractivity contribution in [1.29, 1.82) is 0 Å². The first-order valence-electron chi connectivity index (χ1n) is 12.4. The molecule has 0 radical (unpaired) electrons. The molecular formula is C31H23F3N4O2. The second kappa shape index (κ2) is 11.0. The molecule has 3 aromatic carbocycles. The minimum atomic E-state index is -4.44. The molecule has 200 valence electrons. The van der Waals surface area contributed by atoms with Gasteiger partial charge in [0.15, 0.2) is 0 Å². The van der Waals surface area contributed by atoms with Crippen LogP contribution in [0.1, 0.15) is 44.9 Å². The molecule has 2 amide bonds. The summed E-state index contributed by atoms with van der Waals surface area (Å²) in [7, 11) is 0. The van der Waals surface area contributed by atoms with Crippen LogP contribution in [-0.4, -0.2) is 21.8 Å². The SMILES string of the molecule is C[C@H](NC(=O)c1cnc2cc(NC(=O)c3ccccc3-c3ccc(C(F)(F)F)cc3)ccc2c1)c1ccccn1. The van der Waals surface area contributed by atoms with Gasteiger partial charge in [-0.1, -0.05) is 42.5 Å². The number of hydrogen-bond acceptors (Lipinski definition) is 4. The predicted molar refractivity (Wildman–Crippen MR) is 147 cm³/mol. The lowest BCUT2D eigenvalue weighted by Crippen LogP contribution is -2.27. The second-order valence-corrected chi connectivity index (χ2v) is 9.16.